The van der Waals surface area contributed by atoms with E-state index in [4.69, 9.17) is 9.47 Å². The van der Waals surface area contributed by atoms with Gasteiger partial charge in [0.1, 0.15) is 23.0 Å². The Morgan fingerprint density at radius 3 is 2.59 bits per heavy atom. The average molecular weight is 390 g/mol. The summed E-state index contributed by atoms with van der Waals surface area (Å²) in [6, 6.07) is 13.6. The van der Waals surface area contributed by atoms with Gasteiger partial charge in [0, 0.05) is 19.2 Å². The lowest BCUT2D eigenvalue weighted by Gasteiger charge is -2.29. The fourth-order valence-corrected chi connectivity index (χ4v) is 3.39. The molecule has 0 aliphatic carbocycles. The predicted octanol–water partition coefficient (Wildman–Crippen LogP) is 3.31. The molecule has 3 aromatic rings. The number of methoxy groups -OCH3 is 2. The van der Waals surface area contributed by atoms with Crippen molar-refractivity contribution in [3.63, 3.8) is 0 Å². The summed E-state index contributed by atoms with van der Waals surface area (Å²) >= 11 is 0. The van der Waals surface area contributed by atoms with Gasteiger partial charge in [-0.05, 0) is 29.7 Å². The van der Waals surface area contributed by atoms with E-state index in [0.29, 0.717) is 17.2 Å². The van der Waals surface area contributed by atoms with Gasteiger partial charge in [0.15, 0.2) is 0 Å². The third kappa shape index (κ3) is 3.99. The predicted molar refractivity (Wildman–Crippen MR) is 111 cm³/mol. The van der Waals surface area contributed by atoms with Crippen LogP contribution >= 0.6 is 0 Å². The van der Waals surface area contributed by atoms with Gasteiger partial charge in [-0.3, -0.25) is 4.79 Å². The van der Waals surface area contributed by atoms with E-state index in [0.717, 1.165) is 25.3 Å². The number of benzene rings is 2. The number of anilines is 2. The van der Waals surface area contributed by atoms with Crippen molar-refractivity contribution in [3.8, 4) is 11.5 Å². The van der Waals surface area contributed by atoms with Crippen LogP contribution < -0.4 is 19.7 Å². The molecule has 0 fully saturated rings. The number of ether oxygens (including phenoxy) is 2. The third-order valence-electron chi connectivity index (χ3n) is 4.98. The van der Waals surface area contributed by atoms with E-state index in [9.17, 15) is 4.79 Å². The van der Waals surface area contributed by atoms with Gasteiger partial charge in [-0.15, -0.1) is 0 Å². The zero-order valence-corrected chi connectivity index (χ0v) is 16.4. The molecule has 0 saturated carbocycles. The Hall–Kier alpha value is -3.61. The molecule has 148 valence electrons. The molecule has 1 amide bonds. The van der Waals surface area contributed by atoms with Gasteiger partial charge in [0.2, 0.25) is 0 Å². The van der Waals surface area contributed by atoms with Crippen molar-refractivity contribution in [3.05, 3.63) is 71.7 Å². The fraction of sp³-hybridized carbons (Fsp3) is 0.227. The van der Waals surface area contributed by atoms with Crippen LogP contribution in [-0.2, 0) is 13.0 Å². The van der Waals surface area contributed by atoms with Gasteiger partial charge in [-0.2, -0.15) is 0 Å². The molecule has 0 atom stereocenters. The first-order valence-electron chi connectivity index (χ1n) is 9.35. The Bertz CT molecular complexity index is 1020. The molecule has 1 aliphatic heterocycles. The van der Waals surface area contributed by atoms with Crippen molar-refractivity contribution in [2.24, 2.45) is 0 Å². The van der Waals surface area contributed by atoms with Crippen LogP contribution in [0.5, 0.6) is 11.5 Å². The van der Waals surface area contributed by atoms with Crippen molar-refractivity contribution in [1.29, 1.82) is 0 Å². The lowest BCUT2D eigenvalue weighted by atomic mass is 10.0. The van der Waals surface area contributed by atoms with Crippen LogP contribution in [0.3, 0.4) is 0 Å². The number of aromatic nitrogens is 2. The normalized spacial score (nSPS) is 12.8. The molecule has 0 saturated heterocycles. The Morgan fingerprint density at radius 1 is 1.03 bits per heavy atom. The number of carbonyl (C=O) groups is 1. The molecule has 0 spiro atoms. The molecule has 29 heavy (non-hydrogen) atoms. The highest BCUT2D eigenvalue weighted by Gasteiger charge is 2.18. The van der Waals surface area contributed by atoms with E-state index in [-0.39, 0.29) is 11.6 Å². The summed E-state index contributed by atoms with van der Waals surface area (Å²) in [7, 11) is 3.11. The molecular weight excluding hydrogens is 368 g/mol. The largest absolute Gasteiger partial charge is 0.497 e. The zero-order valence-electron chi connectivity index (χ0n) is 16.4. The second-order valence-electron chi connectivity index (χ2n) is 6.72. The monoisotopic (exact) mass is 390 g/mol. The summed E-state index contributed by atoms with van der Waals surface area (Å²) in [4.78, 5) is 23.6. The van der Waals surface area contributed by atoms with Crippen molar-refractivity contribution in [1.82, 2.24) is 9.97 Å². The summed E-state index contributed by atoms with van der Waals surface area (Å²) in [5.74, 6) is 1.55. The van der Waals surface area contributed by atoms with Crippen LogP contribution in [0.4, 0.5) is 11.5 Å². The van der Waals surface area contributed by atoms with Crippen LogP contribution in [0.1, 0.15) is 21.6 Å². The smallest absolute Gasteiger partial charge is 0.275 e. The highest BCUT2D eigenvalue weighted by Crippen LogP contribution is 2.29. The van der Waals surface area contributed by atoms with E-state index < -0.39 is 0 Å². The first-order valence-corrected chi connectivity index (χ1v) is 9.35. The van der Waals surface area contributed by atoms with Crippen LogP contribution in [0.2, 0.25) is 0 Å². The van der Waals surface area contributed by atoms with Crippen molar-refractivity contribution in [2.45, 2.75) is 13.0 Å². The maximum atomic E-state index is 12.6. The minimum absolute atomic E-state index is 0.232. The van der Waals surface area contributed by atoms with Gasteiger partial charge in [-0.25, -0.2) is 9.97 Å². The molecule has 4 rings (SSSR count). The number of rotatable bonds is 5. The zero-order chi connectivity index (χ0) is 20.2. The van der Waals surface area contributed by atoms with Gasteiger partial charge in [0.25, 0.3) is 5.91 Å². The van der Waals surface area contributed by atoms with E-state index in [2.05, 4.69) is 38.4 Å². The topological polar surface area (TPSA) is 76.6 Å². The Morgan fingerprint density at radius 2 is 1.86 bits per heavy atom. The standard InChI is InChI=1S/C22H22N4O3/c1-28-17-7-8-20(29-2)18(11-17)25-22(27)19-12-24-21(13-23-19)26-10-9-15-5-3-4-6-16(15)14-26/h3-8,11-13H,9-10,14H2,1-2H3,(H,25,27). The summed E-state index contributed by atoms with van der Waals surface area (Å²) in [5, 5.41) is 2.80. The number of nitrogens with zero attached hydrogens (tertiary/aromatic N) is 3. The maximum absolute atomic E-state index is 12.6. The second kappa shape index (κ2) is 8.18. The quantitative estimate of drug-likeness (QED) is 0.720. The fourth-order valence-electron chi connectivity index (χ4n) is 3.39. The Labute approximate surface area is 169 Å². The lowest BCUT2D eigenvalue weighted by molar-refractivity contribution is 0.102. The third-order valence-corrected chi connectivity index (χ3v) is 4.98. The Balaban J connectivity index is 1.48. The number of hydrogen-bond donors (Lipinski definition) is 1. The highest BCUT2D eigenvalue weighted by atomic mass is 16.5. The number of amides is 1. The van der Waals surface area contributed by atoms with Crippen LogP contribution in [0.25, 0.3) is 0 Å². The molecule has 0 bridgehead atoms. The van der Waals surface area contributed by atoms with Crippen LogP contribution in [-0.4, -0.2) is 36.6 Å². The molecule has 2 heterocycles. The van der Waals surface area contributed by atoms with Crippen molar-refractivity contribution >= 4 is 17.4 Å². The van der Waals surface area contributed by atoms with Gasteiger partial charge >= 0.3 is 0 Å². The SMILES string of the molecule is COc1ccc(OC)c(NC(=O)c2cnc(N3CCc4ccccc4C3)cn2)c1. The number of fused-ring (bicyclic) bond motifs is 1. The number of nitrogens with one attached hydrogen (secondary N) is 1. The van der Waals surface area contributed by atoms with Gasteiger partial charge in [-0.1, -0.05) is 24.3 Å². The van der Waals surface area contributed by atoms with Crippen molar-refractivity contribution < 1.29 is 14.3 Å². The van der Waals surface area contributed by atoms with Crippen LogP contribution in [0.15, 0.2) is 54.9 Å². The second-order valence-corrected chi connectivity index (χ2v) is 6.72. The lowest BCUT2D eigenvalue weighted by Crippen LogP contribution is -2.31. The van der Waals surface area contributed by atoms with Gasteiger partial charge in [0.05, 0.1) is 32.3 Å². The molecular formula is C22H22N4O3. The maximum Gasteiger partial charge on any atom is 0.275 e. The summed E-state index contributed by atoms with van der Waals surface area (Å²) in [6.07, 6.45) is 4.11. The van der Waals surface area contributed by atoms with E-state index in [1.165, 1.54) is 17.3 Å². The number of carbonyl (C=O) groups excluding carboxylic acids is 1. The van der Waals surface area contributed by atoms with E-state index in [1.54, 1.807) is 38.6 Å². The molecule has 2 aromatic carbocycles. The summed E-state index contributed by atoms with van der Waals surface area (Å²) in [5.41, 5.74) is 3.42. The molecule has 1 aromatic heterocycles. The molecule has 7 nitrogen and oxygen atoms in total. The summed E-state index contributed by atoms with van der Waals surface area (Å²) < 4.78 is 10.5. The first kappa shape index (κ1) is 18.7. The van der Waals surface area contributed by atoms with E-state index in [1.807, 2.05) is 6.07 Å². The highest BCUT2D eigenvalue weighted by molar-refractivity contribution is 6.03. The molecule has 7 heteroatoms. The molecule has 0 radical (unpaired) electrons. The minimum atomic E-state index is -0.361. The van der Waals surface area contributed by atoms with Gasteiger partial charge < -0.3 is 19.7 Å². The molecule has 1 aliphatic rings. The van der Waals surface area contributed by atoms with E-state index >= 15 is 0 Å². The molecule has 0 unspecified atom stereocenters. The van der Waals surface area contributed by atoms with Crippen molar-refractivity contribution in [2.75, 3.05) is 31.0 Å². The van der Waals surface area contributed by atoms with Crippen LogP contribution in [0, 0.1) is 0 Å². The minimum Gasteiger partial charge on any atom is -0.497 e. The Kier molecular flexibility index (Phi) is 5.29. The summed E-state index contributed by atoms with van der Waals surface area (Å²) in [6.45, 7) is 1.66. The molecule has 1 N–H and O–H groups in total. The first-order chi connectivity index (χ1) is 14.2. The number of hydrogen-bond acceptors (Lipinski definition) is 6. The average Bonchev–Trinajstić information content (AvgIpc) is 2.78.